The van der Waals surface area contributed by atoms with E-state index in [-0.39, 0.29) is 0 Å². The first kappa shape index (κ1) is 22.2. The van der Waals surface area contributed by atoms with E-state index in [1.165, 1.54) is 32.7 Å². The average molecular weight is 356 g/mol. The third-order valence-corrected chi connectivity index (χ3v) is 4.53. The first-order chi connectivity index (χ1) is 12.0. The molecule has 1 atom stereocenters. The molecule has 0 spiro atoms. The van der Waals surface area contributed by atoms with E-state index in [0.29, 0.717) is 11.8 Å². The molecule has 1 heterocycles. The molecule has 1 fully saturated rings. The van der Waals surface area contributed by atoms with Crippen LogP contribution in [0.15, 0.2) is 4.99 Å². The third kappa shape index (κ3) is 10.7. The van der Waals surface area contributed by atoms with Gasteiger partial charge in [0.1, 0.15) is 0 Å². The van der Waals surface area contributed by atoms with Gasteiger partial charge < -0.3 is 25.2 Å². The molecule has 6 nitrogen and oxygen atoms in total. The quantitative estimate of drug-likeness (QED) is 0.334. The second-order valence-corrected chi connectivity index (χ2v) is 7.54. The van der Waals surface area contributed by atoms with Crippen molar-refractivity contribution in [2.75, 3.05) is 72.6 Å². The van der Waals surface area contributed by atoms with E-state index in [1.54, 1.807) is 0 Å². The number of likely N-dealkylation sites (N-methyl/N-ethyl adjacent to an activating group) is 1. The highest BCUT2D eigenvalue weighted by Gasteiger charge is 2.17. The van der Waals surface area contributed by atoms with Crippen LogP contribution in [0.3, 0.4) is 0 Å². The van der Waals surface area contributed by atoms with Gasteiger partial charge in [-0.1, -0.05) is 27.7 Å². The van der Waals surface area contributed by atoms with Crippen molar-refractivity contribution in [2.24, 2.45) is 16.8 Å². The highest BCUT2D eigenvalue weighted by molar-refractivity contribution is 5.79. The molecule has 1 aliphatic rings. The lowest BCUT2D eigenvalue weighted by atomic mass is 10.1. The number of nitrogens with one attached hydrogen (secondary N) is 2. The van der Waals surface area contributed by atoms with Crippen LogP contribution in [0.1, 0.15) is 34.1 Å². The maximum Gasteiger partial charge on any atom is 0.190 e. The summed E-state index contributed by atoms with van der Waals surface area (Å²) in [5, 5.41) is 6.82. The van der Waals surface area contributed by atoms with Gasteiger partial charge in [0.05, 0.1) is 0 Å². The molecule has 1 aliphatic heterocycles. The lowest BCUT2D eigenvalue weighted by Crippen LogP contribution is -2.48. The molecule has 0 aliphatic carbocycles. The first-order valence-electron chi connectivity index (χ1n) is 10.0. The van der Waals surface area contributed by atoms with Crippen LogP contribution < -0.4 is 10.6 Å². The minimum absolute atomic E-state index is 0.605. The Morgan fingerprint density at radius 2 is 1.76 bits per heavy atom. The topological polar surface area (TPSA) is 52.1 Å². The number of hydrogen-bond acceptors (Lipinski definition) is 4. The molecule has 2 N–H and O–H groups in total. The SMILES string of the molecule is CCN1CCN(CC(C)CNC(=NC)NCCCOCC(C)C)CC1. The summed E-state index contributed by atoms with van der Waals surface area (Å²) in [7, 11) is 1.83. The van der Waals surface area contributed by atoms with E-state index < -0.39 is 0 Å². The van der Waals surface area contributed by atoms with E-state index in [0.717, 1.165) is 45.2 Å². The summed E-state index contributed by atoms with van der Waals surface area (Å²) < 4.78 is 5.60. The molecule has 0 amide bonds. The molecular weight excluding hydrogens is 314 g/mol. The monoisotopic (exact) mass is 355 g/mol. The molecule has 6 heteroatoms. The molecule has 0 radical (unpaired) electrons. The van der Waals surface area contributed by atoms with Crippen LogP contribution in [-0.2, 0) is 4.74 Å². The standard InChI is InChI=1S/C19H41N5O/c1-6-23-9-11-24(12-10-23)15-18(4)14-22-19(20-5)21-8-7-13-25-16-17(2)3/h17-18H,6-16H2,1-5H3,(H2,20,21,22). The van der Waals surface area contributed by atoms with Gasteiger partial charge in [0.25, 0.3) is 0 Å². The van der Waals surface area contributed by atoms with Gasteiger partial charge in [0, 0.05) is 66.1 Å². The molecule has 0 bridgehead atoms. The van der Waals surface area contributed by atoms with Gasteiger partial charge in [-0.2, -0.15) is 0 Å². The van der Waals surface area contributed by atoms with Gasteiger partial charge in [0.2, 0.25) is 0 Å². The summed E-state index contributed by atoms with van der Waals surface area (Å²) in [4.78, 5) is 9.42. The number of guanidine groups is 1. The lowest BCUT2D eigenvalue weighted by molar-refractivity contribution is 0.108. The van der Waals surface area contributed by atoms with Crippen LogP contribution >= 0.6 is 0 Å². The summed E-state index contributed by atoms with van der Waals surface area (Å²) >= 11 is 0. The molecule has 1 saturated heterocycles. The average Bonchev–Trinajstić information content (AvgIpc) is 2.60. The van der Waals surface area contributed by atoms with Crippen LogP contribution in [0, 0.1) is 11.8 Å². The minimum atomic E-state index is 0.605. The van der Waals surface area contributed by atoms with Gasteiger partial charge in [-0.25, -0.2) is 0 Å². The van der Waals surface area contributed by atoms with Crippen molar-refractivity contribution in [3.8, 4) is 0 Å². The Hall–Kier alpha value is -0.850. The summed E-state index contributed by atoms with van der Waals surface area (Å²) in [6.45, 7) is 19.6. The maximum absolute atomic E-state index is 5.60. The molecule has 1 unspecified atom stereocenters. The third-order valence-electron chi connectivity index (χ3n) is 4.53. The van der Waals surface area contributed by atoms with E-state index in [1.807, 2.05) is 7.05 Å². The van der Waals surface area contributed by atoms with Crippen molar-refractivity contribution in [1.82, 2.24) is 20.4 Å². The fraction of sp³-hybridized carbons (Fsp3) is 0.947. The van der Waals surface area contributed by atoms with E-state index in [4.69, 9.17) is 4.74 Å². The summed E-state index contributed by atoms with van der Waals surface area (Å²) in [5.74, 6) is 2.11. The summed E-state index contributed by atoms with van der Waals surface area (Å²) in [5.41, 5.74) is 0. The fourth-order valence-electron chi connectivity index (χ4n) is 2.98. The number of piperazine rings is 1. The lowest BCUT2D eigenvalue weighted by Gasteiger charge is -2.35. The highest BCUT2D eigenvalue weighted by atomic mass is 16.5. The minimum Gasteiger partial charge on any atom is -0.381 e. The second kappa shape index (κ2) is 13.4. The van der Waals surface area contributed by atoms with Crippen LogP contribution in [0.5, 0.6) is 0 Å². The number of aliphatic imine (C=N–C) groups is 1. The molecule has 0 aromatic carbocycles. The van der Waals surface area contributed by atoms with E-state index >= 15 is 0 Å². The van der Waals surface area contributed by atoms with Crippen molar-refractivity contribution in [2.45, 2.75) is 34.1 Å². The fourth-order valence-corrected chi connectivity index (χ4v) is 2.98. The number of hydrogen-bond donors (Lipinski definition) is 2. The summed E-state index contributed by atoms with van der Waals surface area (Å²) in [6.07, 6.45) is 1.00. The normalized spacial score (nSPS) is 18.6. The number of ether oxygens (including phenoxy) is 1. The molecule has 25 heavy (non-hydrogen) atoms. The Balaban J connectivity index is 2.09. The van der Waals surface area contributed by atoms with Gasteiger partial charge in [-0.15, -0.1) is 0 Å². The van der Waals surface area contributed by atoms with E-state index in [9.17, 15) is 0 Å². The predicted molar refractivity (Wildman–Crippen MR) is 107 cm³/mol. The van der Waals surface area contributed by atoms with Crippen molar-refractivity contribution in [3.63, 3.8) is 0 Å². The summed E-state index contributed by atoms with van der Waals surface area (Å²) in [6, 6.07) is 0. The van der Waals surface area contributed by atoms with Gasteiger partial charge in [-0.3, -0.25) is 4.99 Å². The highest BCUT2D eigenvalue weighted by Crippen LogP contribution is 2.05. The Kier molecular flexibility index (Phi) is 11.9. The predicted octanol–water partition coefficient (Wildman–Crippen LogP) is 1.49. The van der Waals surface area contributed by atoms with Crippen molar-refractivity contribution >= 4 is 5.96 Å². The van der Waals surface area contributed by atoms with Crippen molar-refractivity contribution < 1.29 is 4.74 Å². The van der Waals surface area contributed by atoms with Crippen LogP contribution in [0.2, 0.25) is 0 Å². The zero-order chi connectivity index (χ0) is 18.5. The molecule has 1 rings (SSSR count). The molecule has 0 aromatic heterocycles. The first-order valence-corrected chi connectivity index (χ1v) is 10.0. The Morgan fingerprint density at radius 1 is 1.08 bits per heavy atom. The molecule has 0 aromatic rings. The zero-order valence-corrected chi connectivity index (χ0v) is 17.2. The van der Waals surface area contributed by atoms with Gasteiger partial charge in [-0.05, 0) is 24.8 Å². The largest absolute Gasteiger partial charge is 0.381 e. The van der Waals surface area contributed by atoms with Crippen molar-refractivity contribution in [1.29, 1.82) is 0 Å². The molecular formula is C19H41N5O. The zero-order valence-electron chi connectivity index (χ0n) is 17.2. The molecule has 0 saturated carbocycles. The van der Waals surface area contributed by atoms with E-state index in [2.05, 4.69) is 53.1 Å². The maximum atomic E-state index is 5.60. The number of rotatable bonds is 11. The second-order valence-electron chi connectivity index (χ2n) is 7.54. The van der Waals surface area contributed by atoms with Crippen LogP contribution in [-0.4, -0.2) is 88.4 Å². The van der Waals surface area contributed by atoms with Crippen LogP contribution in [0.4, 0.5) is 0 Å². The van der Waals surface area contributed by atoms with Crippen LogP contribution in [0.25, 0.3) is 0 Å². The Morgan fingerprint density at radius 3 is 2.36 bits per heavy atom. The molecule has 148 valence electrons. The van der Waals surface area contributed by atoms with Gasteiger partial charge >= 0.3 is 0 Å². The van der Waals surface area contributed by atoms with Crippen molar-refractivity contribution in [3.05, 3.63) is 0 Å². The van der Waals surface area contributed by atoms with Gasteiger partial charge in [0.15, 0.2) is 5.96 Å². The smallest absolute Gasteiger partial charge is 0.190 e. The Bertz CT molecular complexity index is 354. The number of nitrogens with zero attached hydrogens (tertiary/aromatic N) is 3. The Labute approximate surface area is 155 Å².